The second kappa shape index (κ2) is 6.92. The van der Waals surface area contributed by atoms with E-state index in [0.29, 0.717) is 19.4 Å². The van der Waals surface area contributed by atoms with E-state index in [4.69, 9.17) is 4.74 Å². The second-order valence-electron chi connectivity index (χ2n) is 6.27. The average Bonchev–Trinajstić information content (AvgIpc) is 2.36. The Kier molecular flexibility index (Phi) is 5.80. The van der Waals surface area contributed by atoms with Gasteiger partial charge in [0.25, 0.3) is 0 Å². The molecule has 0 unspecified atom stereocenters. The van der Waals surface area contributed by atoms with E-state index in [0.717, 1.165) is 19.3 Å². The van der Waals surface area contributed by atoms with Crippen LogP contribution in [0.15, 0.2) is 0 Å². The fourth-order valence-electron chi connectivity index (χ4n) is 2.69. The number of aliphatic carboxylic acids is 1. The third kappa shape index (κ3) is 4.67. The lowest BCUT2D eigenvalue weighted by Gasteiger charge is -2.34. The van der Waals surface area contributed by atoms with Crippen LogP contribution in [0.1, 0.15) is 46.0 Å². The smallest absolute Gasteiger partial charge is 0.315 e. The predicted octanol–water partition coefficient (Wildman–Crippen LogP) is 1.75. The van der Waals surface area contributed by atoms with Crippen molar-refractivity contribution in [3.63, 3.8) is 0 Å². The Morgan fingerprint density at radius 1 is 1.25 bits per heavy atom. The topological polar surface area (TPSA) is 87.7 Å². The van der Waals surface area contributed by atoms with Gasteiger partial charge >= 0.3 is 12.0 Å². The summed E-state index contributed by atoms with van der Waals surface area (Å²) in [4.78, 5) is 23.4. The monoisotopic (exact) mass is 286 g/mol. The summed E-state index contributed by atoms with van der Waals surface area (Å²) in [5, 5.41) is 14.9. The van der Waals surface area contributed by atoms with Crippen LogP contribution in [-0.2, 0) is 9.53 Å². The quantitative estimate of drug-likeness (QED) is 0.694. The Morgan fingerprint density at radius 2 is 1.85 bits per heavy atom. The summed E-state index contributed by atoms with van der Waals surface area (Å²) in [5.41, 5.74) is -1.29. The predicted molar refractivity (Wildman–Crippen MR) is 75.6 cm³/mol. The van der Waals surface area contributed by atoms with Crippen LogP contribution in [0.3, 0.4) is 0 Å². The van der Waals surface area contributed by atoms with Crippen molar-refractivity contribution in [3.8, 4) is 0 Å². The average molecular weight is 286 g/mol. The maximum absolute atomic E-state index is 11.9. The minimum absolute atomic E-state index is 0.178. The molecule has 1 fully saturated rings. The Morgan fingerprint density at radius 3 is 2.35 bits per heavy atom. The van der Waals surface area contributed by atoms with E-state index in [1.54, 1.807) is 7.11 Å². The van der Waals surface area contributed by atoms with Gasteiger partial charge in [0.15, 0.2) is 0 Å². The van der Waals surface area contributed by atoms with Gasteiger partial charge in [-0.1, -0.05) is 19.3 Å². The molecule has 0 bridgehead atoms. The van der Waals surface area contributed by atoms with Crippen molar-refractivity contribution in [2.75, 3.05) is 20.3 Å². The Bertz CT molecular complexity index is 349. The third-order valence-electron chi connectivity index (χ3n) is 3.81. The lowest BCUT2D eigenvalue weighted by atomic mass is 9.74. The highest BCUT2D eigenvalue weighted by molar-refractivity contribution is 5.78. The molecule has 0 aromatic carbocycles. The molecule has 116 valence electrons. The highest BCUT2D eigenvalue weighted by Crippen LogP contribution is 2.35. The maximum Gasteiger partial charge on any atom is 0.315 e. The van der Waals surface area contributed by atoms with Gasteiger partial charge in [-0.15, -0.1) is 0 Å². The molecule has 20 heavy (non-hydrogen) atoms. The van der Waals surface area contributed by atoms with Crippen molar-refractivity contribution in [2.24, 2.45) is 5.41 Å². The van der Waals surface area contributed by atoms with Crippen LogP contribution in [0, 0.1) is 5.41 Å². The molecule has 0 aromatic heterocycles. The van der Waals surface area contributed by atoms with Crippen LogP contribution in [0.4, 0.5) is 4.79 Å². The number of methoxy groups -OCH3 is 1. The zero-order valence-corrected chi connectivity index (χ0v) is 12.6. The molecule has 1 rings (SSSR count). The third-order valence-corrected chi connectivity index (χ3v) is 3.81. The van der Waals surface area contributed by atoms with Crippen molar-refractivity contribution in [2.45, 2.75) is 51.5 Å². The number of urea groups is 1. The molecule has 2 amide bonds. The summed E-state index contributed by atoms with van der Waals surface area (Å²) in [5.74, 6) is -0.811. The molecular weight excluding hydrogens is 260 g/mol. The summed E-state index contributed by atoms with van der Waals surface area (Å²) < 4.78 is 5.02. The van der Waals surface area contributed by atoms with Gasteiger partial charge in [0.2, 0.25) is 0 Å². The molecule has 0 heterocycles. The van der Waals surface area contributed by atoms with Crippen LogP contribution in [0.5, 0.6) is 0 Å². The molecule has 0 saturated heterocycles. The molecule has 0 aromatic rings. The first kappa shape index (κ1) is 16.8. The maximum atomic E-state index is 11.9. The Hall–Kier alpha value is -1.30. The van der Waals surface area contributed by atoms with Crippen molar-refractivity contribution in [1.82, 2.24) is 10.6 Å². The van der Waals surface area contributed by atoms with E-state index < -0.39 is 16.9 Å². The first-order valence-corrected chi connectivity index (χ1v) is 7.10. The molecule has 0 atom stereocenters. The fourth-order valence-corrected chi connectivity index (χ4v) is 2.69. The minimum atomic E-state index is -0.811. The van der Waals surface area contributed by atoms with Crippen LogP contribution in [0.2, 0.25) is 0 Å². The minimum Gasteiger partial charge on any atom is -0.481 e. The van der Waals surface area contributed by atoms with E-state index in [1.807, 2.05) is 13.8 Å². The number of carbonyl (C=O) groups is 2. The first-order valence-electron chi connectivity index (χ1n) is 7.10. The molecule has 0 radical (unpaired) electrons. The van der Waals surface area contributed by atoms with Gasteiger partial charge in [-0.2, -0.15) is 0 Å². The molecule has 6 heteroatoms. The molecule has 0 aliphatic heterocycles. The number of hydrogen-bond donors (Lipinski definition) is 3. The summed E-state index contributed by atoms with van der Waals surface area (Å²) in [6, 6.07) is -0.349. The van der Waals surface area contributed by atoms with Gasteiger partial charge in [0, 0.05) is 13.7 Å². The Labute approximate surface area is 120 Å². The number of carbonyl (C=O) groups excluding carboxylic acids is 1. The van der Waals surface area contributed by atoms with Crippen LogP contribution in [0.25, 0.3) is 0 Å². The van der Waals surface area contributed by atoms with Gasteiger partial charge in [0.05, 0.1) is 17.6 Å². The lowest BCUT2D eigenvalue weighted by Crippen LogP contribution is -2.53. The van der Waals surface area contributed by atoms with Gasteiger partial charge < -0.3 is 20.5 Å². The molecule has 3 N–H and O–H groups in total. The normalized spacial score (nSPS) is 18.4. The first-order chi connectivity index (χ1) is 9.31. The number of carboxylic acids is 1. The largest absolute Gasteiger partial charge is 0.481 e. The van der Waals surface area contributed by atoms with E-state index in [9.17, 15) is 14.7 Å². The van der Waals surface area contributed by atoms with Crippen LogP contribution < -0.4 is 10.6 Å². The van der Waals surface area contributed by atoms with Gasteiger partial charge in [-0.25, -0.2) is 4.79 Å². The van der Waals surface area contributed by atoms with E-state index in [-0.39, 0.29) is 12.6 Å². The van der Waals surface area contributed by atoms with E-state index >= 15 is 0 Å². The molecule has 0 spiro atoms. The van der Waals surface area contributed by atoms with Crippen LogP contribution in [-0.4, -0.2) is 42.9 Å². The molecule has 1 aliphatic carbocycles. The number of hydrogen-bond acceptors (Lipinski definition) is 3. The van der Waals surface area contributed by atoms with E-state index in [1.165, 1.54) is 0 Å². The zero-order chi connectivity index (χ0) is 15.2. The summed E-state index contributed by atoms with van der Waals surface area (Å²) >= 11 is 0. The SMILES string of the molecule is COCC(C)(C)NC(=O)NCC1(C(=O)O)CCCCC1. The van der Waals surface area contributed by atoms with Gasteiger partial charge in [-0.3, -0.25) is 4.79 Å². The number of amides is 2. The highest BCUT2D eigenvalue weighted by atomic mass is 16.5. The molecular formula is C14H26N2O4. The number of carboxylic acid groups (broad SMARTS) is 1. The number of rotatable bonds is 6. The molecule has 1 saturated carbocycles. The van der Waals surface area contributed by atoms with Crippen molar-refractivity contribution < 1.29 is 19.4 Å². The van der Waals surface area contributed by atoms with Gasteiger partial charge in [-0.05, 0) is 26.7 Å². The summed E-state index contributed by atoms with van der Waals surface area (Å²) in [6.07, 6.45) is 4.14. The number of nitrogens with one attached hydrogen (secondary N) is 2. The van der Waals surface area contributed by atoms with E-state index in [2.05, 4.69) is 10.6 Å². The highest BCUT2D eigenvalue weighted by Gasteiger charge is 2.40. The zero-order valence-electron chi connectivity index (χ0n) is 12.6. The summed E-state index contributed by atoms with van der Waals surface area (Å²) in [7, 11) is 1.57. The van der Waals surface area contributed by atoms with Crippen molar-refractivity contribution in [1.29, 1.82) is 0 Å². The van der Waals surface area contributed by atoms with Gasteiger partial charge in [0.1, 0.15) is 0 Å². The van der Waals surface area contributed by atoms with Crippen molar-refractivity contribution in [3.05, 3.63) is 0 Å². The fraction of sp³-hybridized carbons (Fsp3) is 0.857. The molecule has 1 aliphatic rings. The van der Waals surface area contributed by atoms with Crippen molar-refractivity contribution >= 4 is 12.0 Å². The number of ether oxygens (including phenoxy) is 1. The Balaban J connectivity index is 2.51. The standard InChI is InChI=1S/C14H26N2O4/c1-13(2,10-20-3)16-12(19)15-9-14(11(17)18)7-5-4-6-8-14/h4-10H2,1-3H3,(H,17,18)(H2,15,16,19). The summed E-state index contributed by atoms with van der Waals surface area (Å²) in [6.45, 7) is 4.27. The molecule has 6 nitrogen and oxygen atoms in total. The van der Waals surface area contributed by atoms with Crippen LogP contribution >= 0.6 is 0 Å². The second-order valence-corrected chi connectivity index (χ2v) is 6.27. The lowest BCUT2D eigenvalue weighted by molar-refractivity contribution is -0.150.